The summed E-state index contributed by atoms with van der Waals surface area (Å²) in [6, 6.07) is 33.5. The van der Waals surface area contributed by atoms with E-state index in [1.54, 1.807) is 102 Å². The third-order valence-electron chi connectivity index (χ3n) is 13.1. The standard InChI is InChI=1S/3C18H15N3O2.2C3H7NO.2CNS.Cd/c3*22-17-14-6-1-4-13-5-2-7-15(16(13)14)18(23)21(17)10-3-9-20-11-8-19-12-20;2*1-4(2)3-5;2*2-1-3;/h3*1-2,4-8,11-12H,3,9-10H2;2*3H,1-2H3;;;/q;;;;;2*-1;+2. The van der Waals surface area contributed by atoms with E-state index in [1.165, 1.54) is 34.8 Å². The molecule has 434 valence electrons. The molecular weight excluding hydrogens is 1230 g/mol. The summed E-state index contributed by atoms with van der Waals surface area (Å²) in [4.78, 5) is 114. The van der Waals surface area contributed by atoms with Crippen molar-refractivity contribution < 1.29 is 65.7 Å². The molecule has 3 aliphatic heterocycles. The van der Waals surface area contributed by atoms with Crippen LogP contribution in [0.3, 0.4) is 0 Å². The van der Waals surface area contributed by atoms with Crippen molar-refractivity contribution in [3.63, 3.8) is 0 Å². The van der Waals surface area contributed by atoms with Gasteiger partial charge in [-0.25, -0.2) is 15.0 Å². The van der Waals surface area contributed by atoms with E-state index in [0.29, 0.717) is 72.3 Å². The zero-order valence-corrected chi connectivity index (χ0v) is 53.4. The number of thiocarbonyl (C=S) groups is 2. The third kappa shape index (κ3) is 17.1. The second-order valence-electron chi connectivity index (χ2n) is 19.2. The van der Waals surface area contributed by atoms with Crippen molar-refractivity contribution in [2.45, 2.75) is 38.9 Å². The summed E-state index contributed by atoms with van der Waals surface area (Å²) < 4.78 is 5.81. The number of hydrogen-bond acceptors (Lipinski definition) is 13. The van der Waals surface area contributed by atoms with Gasteiger partial charge >= 0.3 is 27.3 Å². The molecule has 0 aliphatic carbocycles. The number of nitrogens with zero attached hydrogens (tertiary/aromatic N) is 13. The Balaban J connectivity index is 0.000000208. The number of carbonyl (C=O) groups excluding carboxylic acids is 8. The van der Waals surface area contributed by atoms with Crippen LogP contribution in [0.4, 0.5) is 0 Å². The molecule has 3 aromatic heterocycles. The molecule has 0 bridgehead atoms. The van der Waals surface area contributed by atoms with Crippen molar-refractivity contribution in [2.75, 3.05) is 47.8 Å². The van der Waals surface area contributed by atoms with Gasteiger partial charge in [-0.3, -0.25) is 53.1 Å². The Hall–Kier alpha value is -9.39. The first kappa shape index (κ1) is 67.4. The molecule has 0 radical (unpaired) electrons. The molecule has 0 saturated heterocycles. The molecule has 0 spiro atoms. The van der Waals surface area contributed by atoms with Crippen LogP contribution in [-0.2, 0) is 56.5 Å². The smallest absolute Gasteiger partial charge is 0.753 e. The predicted octanol–water partition coefficient (Wildman–Crippen LogP) is 8.89. The number of aromatic nitrogens is 6. The Bertz CT molecular complexity index is 3350. The van der Waals surface area contributed by atoms with Crippen molar-refractivity contribution in [3.05, 3.63) is 210 Å². The summed E-state index contributed by atoms with van der Waals surface area (Å²) in [5.74, 6) is -1.22. The van der Waals surface area contributed by atoms with Crippen LogP contribution in [-0.4, -0.2) is 160 Å². The van der Waals surface area contributed by atoms with E-state index in [-0.39, 0.29) is 62.7 Å². The molecular formula is C62H59CdN13O8S2. The van der Waals surface area contributed by atoms with Gasteiger partial charge in [0.2, 0.25) is 12.8 Å². The Labute approximate surface area is 527 Å². The van der Waals surface area contributed by atoms with Crippen LogP contribution < -0.4 is 0 Å². The maximum atomic E-state index is 12.7. The molecule has 6 aromatic carbocycles. The van der Waals surface area contributed by atoms with Crippen molar-refractivity contribution in [1.29, 1.82) is 0 Å². The van der Waals surface area contributed by atoms with Gasteiger partial charge in [0.25, 0.3) is 35.4 Å². The molecule has 21 nitrogen and oxygen atoms in total. The van der Waals surface area contributed by atoms with Crippen LogP contribution >= 0.6 is 24.4 Å². The van der Waals surface area contributed by atoms with Crippen LogP contribution in [0, 0.1) is 0 Å². The average Bonchev–Trinajstić information content (AvgIpc) is 1.38. The van der Waals surface area contributed by atoms with Crippen LogP contribution in [0.25, 0.3) is 43.1 Å². The molecule has 0 unspecified atom stereocenters. The minimum absolute atomic E-state index is 0. The van der Waals surface area contributed by atoms with Gasteiger partial charge in [-0.1, -0.05) is 97.2 Å². The summed E-state index contributed by atoms with van der Waals surface area (Å²) in [5, 5.41) is 22.0. The van der Waals surface area contributed by atoms with Crippen LogP contribution in [0.2, 0.25) is 0 Å². The molecule has 8 amide bonds. The van der Waals surface area contributed by atoms with Crippen molar-refractivity contribution >= 4 is 115 Å². The number of isothiocyanates is 2. The molecule has 6 heterocycles. The van der Waals surface area contributed by atoms with Gasteiger partial charge in [0, 0.05) is 154 Å². The van der Waals surface area contributed by atoms with Gasteiger partial charge in [0.1, 0.15) is 0 Å². The minimum atomic E-state index is -0.204. The Morgan fingerprint density at radius 3 is 0.767 bits per heavy atom. The number of hydrogen-bond donors (Lipinski definition) is 0. The summed E-state index contributed by atoms with van der Waals surface area (Å²) in [6.07, 6.45) is 19.6. The Kier molecular flexibility index (Phi) is 26.5. The summed E-state index contributed by atoms with van der Waals surface area (Å²) in [7, 11) is 6.75. The number of imide groups is 3. The first-order valence-electron chi connectivity index (χ1n) is 26.4. The fourth-order valence-electron chi connectivity index (χ4n) is 9.34. The second-order valence-corrected chi connectivity index (χ2v) is 19.6. The van der Waals surface area contributed by atoms with E-state index < -0.39 is 0 Å². The van der Waals surface area contributed by atoms with E-state index in [0.717, 1.165) is 64.8 Å². The van der Waals surface area contributed by atoms with Gasteiger partial charge < -0.3 is 34.3 Å². The van der Waals surface area contributed by atoms with Crippen molar-refractivity contribution in [2.24, 2.45) is 0 Å². The summed E-state index contributed by atoms with van der Waals surface area (Å²) in [6.45, 7) is 3.39. The number of carbonyl (C=O) groups is 8. The zero-order valence-electron chi connectivity index (χ0n) is 47.7. The van der Waals surface area contributed by atoms with Crippen LogP contribution in [0.1, 0.15) is 81.4 Å². The summed E-state index contributed by atoms with van der Waals surface area (Å²) in [5.41, 5.74) is 3.67. The fourth-order valence-corrected chi connectivity index (χ4v) is 9.34. The van der Waals surface area contributed by atoms with E-state index in [1.807, 2.05) is 105 Å². The molecule has 86 heavy (non-hydrogen) atoms. The number of imidazole rings is 3. The summed E-state index contributed by atoms with van der Waals surface area (Å²) >= 11 is 7.40. The maximum Gasteiger partial charge on any atom is 2.00 e. The number of aryl methyl sites for hydroxylation is 3. The number of benzene rings is 6. The van der Waals surface area contributed by atoms with Crippen molar-refractivity contribution in [1.82, 2.24) is 53.2 Å². The Morgan fingerprint density at radius 2 is 0.605 bits per heavy atom. The second kappa shape index (κ2) is 33.8. The third-order valence-corrected chi connectivity index (χ3v) is 13.1. The SMILES string of the molecule is CN(C)C=O.CN(C)C=O.O=C1c2cccc3cccc(c23)C(=O)N1CCCn1ccnc1.O=C1c2cccc3cccc(c23)C(=O)N1CCCn1ccnc1.O=C1c2cccc3cccc(c23)C(=O)N1CCCn1ccnc1.[Cd+2].[N-]=C=S.[N-]=C=S. The number of amides is 8. The zero-order chi connectivity index (χ0) is 61.4. The average molecular weight is 1290 g/mol. The van der Waals surface area contributed by atoms with Gasteiger partial charge in [-0.15, -0.1) is 0 Å². The van der Waals surface area contributed by atoms with Crippen LogP contribution in [0.15, 0.2) is 165 Å². The first-order valence-corrected chi connectivity index (χ1v) is 27.2. The van der Waals surface area contributed by atoms with E-state index in [4.69, 9.17) is 10.8 Å². The largest absolute Gasteiger partial charge is 2.00 e. The normalized spacial score (nSPS) is 12.1. The fraction of sp³-hybridized carbons (Fsp3) is 0.210. The quantitative estimate of drug-likeness (QED) is 0.0325. The molecule has 3 aliphatic rings. The van der Waals surface area contributed by atoms with E-state index >= 15 is 0 Å². The molecule has 24 heteroatoms. The molecule has 0 N–H and O–H groups in total. The first-order chi connectivity index (χ1) is 41.1. The molecule has 12 rings (SSSR count). The van der Waals surface area contributed by atoms with E-state index in [2.05, 4.69) is 39.4 Å². The molecule has 0 fully saturated rings. The topological polar surface area (TPSA) is 251 Å². The minimum Gasteiger partial charge on any atom is -0.753 e. The Morgan fingerprint density at radius 1 is 0.407 bits per heavy atom. The predicted molar refractivity (Wildman–Crippen MR) is 330 cm³/mol. The van der Waals surface area contributed by atoms with Gasteiger partial charge in [-0.2, -0.15) is 10.3 Å². The number of rotatable bonds is 14. The van der Waals surface area contributed by atoms with Gasteiger partial charge in [-0.05, 0) is 71.8 Å². The van der Waals surface area contributed by atoms with Gasteiger partial charge in [0.05, 0.1) is 19.0 Å². The van der Waals surface area contributed by atoms with Crippen LogP contribution in [0.5, 0.6) is 0 Å². The van der Waals surface area contributed by atoms with E-state index in [9.17, 15) is 38.4 Å². The maximum absolute atomic E-state index is 12.7. The molecule has 0 atom stereocenters. The molecule has 0 saturated carbocycles. The van der Waals surface area contributed by atoms with Gasteiger partial charge in [0.15, 0.2) is 0 Å². The van der Waals surface area contributed by atoms with Crippen molar-refractivity contribution in [3.8, 4) is 0 Å². The monoisotopic (exact) mass is 1290 g/mol. The molecule has 9 aromatic rings.